The van der Waals surface area contributed by atoms with E-state index >= 15 is 0 Å². The van der Waals surface area contributed by atoms with Gasteiger partial charge in [0.15, 0.2) is 0 Å². The van der Waals surface area contributed by atoms with E-state index in [9.17, 15) is 0 Å². The van der Waals surface area contributed by atoms with Crippen LogP contribution in [0.2, 0.25) is 0 Å². The predicted molar refractivity (Wildman–Crippen MR) is 88.8 cm³/mol. The molecular formula is C17H20BrNO2. The molecule has 3 nitrogen and oxygen atoms in total. The summed E-state index contributed by atoms with van der Waals surface area (Å²) in [7, 11) is 1.66. The second-order valence-corrected chi connectivity index (χ2v) is 5.76. The molecule has 21 heavy (non-hydrogen) atoms. The molecule has 0 aromatic heterocycles. The minimum atomic E-state index is -0.185. The molecule has 112 valence electrons. The van der Waals surface area contributed by atoms with E-state index in [1.807, 2.05) is 48.5 Å². The molecule has 2 aromatic carbocycles. The molecule has 0 aliphatic carbocycles. The number of rotatable bonds is 6. The molecule has 0 spiro atoms. The summed E-state index contributed by atoms with van der Waals surface area (Å²) in [5.41, 5.74) is 7.28. The number of methoxy groups -OCH3 is 1. The Bertz CT molecular complexity index is 571. The Kier molecular flexibility index (Phi) is 5.65. The first-order valence-corrected chi connectivity index (χ1v) is 7.75. The summed E-state index contributed by atoms with van der Waals surface area (Å²) in [6.45, 7) is 2.06. The highest BCUT2D eigenvalue weighted by Gasteiger charge is 2.20. The maximum Gasteiger partial charge on any atom is 0.139 e. The first-order valence-electron chi connectivity index (χ1n) is 6.95. The van der Waals surface area contributed by atoms with Gasteiger partial charge in [-0.15, -0.1) is 0 Å². The summed E-state index contributed by atoms with van der Waals surface area (Å²) in [5.74, 6) is 1.62. The number of hydrogen-bond donors (Lipinski definition) is 1. The zero-order chi connectivity index (χ0) is 15.2. The van der Waals surface area contributed by atoms with E-state index in [1.165, 1.54) is 0 Å². The quantitative estimate of drug-likeness (QED) is 0.844. The van der Waals surface area contributed by atoms with Crippen LogP contribution in [0.3, 0.4) is 0 Å². The van der Waals surface area contributed by atoms with E-state index in [0.29, 0.717) is 0 Å². The van der Waals surface area contributed by atoms with Crippen molar-refractivity contribution in [3.8, 4) is 11.5 Å². The van der Waals surface area contributed by atoms with Crippen LogP contribution in [-0.2, 0) is 0 Å². The van der Waals surface area contributed by atoms with Gasteiger partial charge < -0.3 is 15.2 Å². The topological polar surface area (TPSA) is 44.5 Å². The van der Waals surface area contributed by atoms with Gasteiger partial charge in [0.1, 0.15) is 17.6 Å². The average molecular weight is 350 g/mol. The average Bonchev–Trinajstić information content (AvgIpc) is 2.52. The van der Waals surface area contributed by atoms with Crippen molar-refractivity contribution in [1.29, 1.82) is 0 Å². The van der Waals surface area contributed by atoms with Gasteiger partial charge in [0, 0.05) is 10.5 Å². The molecule has 0 bridgehead atoms. The zero-order valence-electron chi connectivity index (χ0n) is 12.3. The Morgan fingerprint density at radius 3 is 2.38 bits per heavy atom. The summed E-state index contributed by atoms with van der Waals surface area (Å²) in [5, 5.41) is 0. The Morgan fingerprint density at radius 2 is 1.81 bits per heavy atom. The van der Waals surface area contributed by atoms with Crippen LogP contribution >= 0.6 is 15.9 Å². The SMILES string of the molecule is CCC(N)C(Oc1cccc(Br)c1)c1ccc(OC)cc1. The smallest absolute Gasteiger partial charge is 0.139 e. The summed E-state index contributed by atoms with van der Waals surface area (Å²) < 4.78 is 12.3. The fourth-order valence-electron chi connectivity index (χ4n) is 2.10. The Morgan fingerprint density at radius 1 is 1.10 bits per heavy atom. The van der Waals surface area contributed by atoms with Crippen molar-refractivity contribution in [2.24, 2.45) is 5.73 Å². The standard InChI is InChI=1S/C17H20BrNO2/c1-3-16(19)17(12-7-9-14(20-2)10-8-12)21-15-6-4-5-13(18)11-15/h4-11,16-17H,3,19H2,1-2H3. The first-order chi connectivity index (χ1) is 10.1. The van der Waals surface area contributed by atoms with Crippen molar-refractivity contribution >= 4 is 15.9 Å². The molecule has 0 heterocycles. The zero-order valence-corrected chi connectivity index (χ0v) is 13.8. The molecule has 2 atom stereocenters. The van der Waals surface area contributed by atoms with Gasteiger partial charge in [0.05, 0.1) is 7.11 Å². The molecule has 4 heteroatoms. The molecule has 0 fully saturated rings. The highest BCUT2D eigenvalue weighted by molar-refractivity contribution is 9.10. The molecule has 0 radical (unpaired) electrons. The van der Waals surface area contributed by atoms with Crippen LogP contribution in [0, 0.1) is 0 Å². The number of nitrogens with two attached hydrogens (primary N) is 1. The van der Waals surface area contributed by atoms with Crippen LogP contribution in [0.1, 0.15) is 25.0 Å². The predicted octanol–water partition coefficient (Wildman–Crippen LogP) is 4.32. The van der Waals surface area contributed by atoms with Crippen LogP contribution in [0.4, 0.5) is 0 Å². The second kappa shape index (κ2) is 7.48. The van der Waals surface area contributed by atoms with E-state index in [-0.39, 0.29) is 12.1 Å². The number of hydrogen-bond acceptors (Lipinski definition) is 3. The van der Waals surface area contributed by atoms with Crippen molar-refractivity contribution in [3.05, 3.63) is 58.6 Å². The van der Waals surface area contributed by atoms with E-state index in [0.717, 1.165) is 28.0 Å². The minimum Gasteiger partial charge on any atom is -0.497 e. The molecule has 0 aliphatic heterocycles. The highest BCUT2D eigenvalue weighted by Crippen LogP contribution is 2.28. The van der Waals surface area contributed by atoms with Crippen LogP contribution in [-0.4, -0.2) is 13.2 Å². The lowest BCUT2D eigenvalue weighted by Gasteiger charge is -2.25. The molecule has 2 rings (SSSR count). The molecule has 0 saturated heterocycles. The molecule has 2 N–H and O–H groups in total. The fraction of sp³-hybridized carbons (Fsp3) is 0.294. The van der Waals surface area contributed by atoms with E-state index in [2.05, 4.69) is 22.9 Å². The van der Waals surface area contributed by atoms with E-state index in [1.54, 1.807) is 7.11 Å². The maximum atomic E-state index is 6.24. The normalized spacial score (nSPS) is 13.5. The summed E-state index contributed by atoms with van der Waals surface area (Å²) in [4.78, 5) is 0. The van der Waals surface area contributed by atoms with Gasteiger partial charge in [-0.3, -0.25) is 0 Å². The summed E-state index contributed by atoms with van der Waals surface area (Å²) in [6, 6.07) is 15.6. The van der Waals surface area contributed by atoms with Crippen molar-refractivity contribution in [3.63, 3.8) is 0 Å². The van der Waals surface area contributed by atoms with Gasteiger partial charge in [-0.25, -0.2) is 0 Å². The lowest BCUT2D eigenvalue weighted by atomic mass is 10.0. The summed E-state index contributed by atoms with van der Waals surface area (Å²) >= 11 is 3.45. The van der Waals surface area contributed by atoms with Gasteiger partial charge in [-0.05, 0) is 42.3 Å². The van der Waals surface area contributed by atoms with Crippen LogP contribution in [0.5, 0.6) is 11.5 Å². The molecule has 0 saturated carbocycles. The third-order valence-electron chi connectivity index (χ3n) is 3.36. The largest absolute Gasteiger partial charge is 0.497 e. The minimum absolute atomic E-state index is 0.0719. The Labute approximate surface area is 134 Å². The molecular weight excluding hydrogens is 330 g/mol. The number of benzene rings is 2. The van der Waals surface area contributed by atoms with Crippen LogP contribution < -0.4 is 15.2 Å². The van der Waals surface area contributed by atoms with Gasteiger partial charge in [0.2, 0.25) is 0 Å². The number of halogens is 1. The van der Waals surface area contributed by atoms with Crippen LogP contribution in [0.15, 0.2) is 53.0 Å². The van der Waals surface area contributed by atoms with Crippen molar-refractivity contribution in [1.82, 2.24) is 0 Å². The van der Waals surface area contributed by atoms with Crippen LogP contribution in [0.25, 0.3) is 0 Å². The third kappa shape index (κ3) is 4.22. The van der Waals surface area contributed by atoms with Gasteiger partial charge >= 0.3 is 0 Å². The fourth-order valence-corrected chi connectivity index (χ4v) is 2.48. The maximum absolute atomic E-state index is 6.24. The lowest BCUT2D eigenvalue weighted by molar-refractivity contribution is 0.171. The Balaban J connectivity index is 2.25. The van der Waals surface area contributed by atoms with Crippen molar-refractivity contribution in [2.75, 3.05) is 7.11 Å². The first kappa shape index (κ1) is 15.9. The third-order valence-corrected chi connectivity index (χ3v) is 3.86. The molecule has 0 aliphatic rings. The second-order valence-electron chi connectivity index (χ2n) is 4.84. The Hall–Kier alpha value is -1.52. The monoisotopic (exact) mass is 349 g/mol. The van der Waals surface area contributed by atoms with Gasteiger partial charge in [0.25, 0.3) is 0 Å². The van der Waals surface area contributed by atoms with Crippen molar-refractivity contribution in [2.45, 2.75) is 25.5 Å². The van der Waals surface area contributed by atoms with Crippen molar-refractivity contribution < 1.29 is 9.47 Å². The molecule has 0 amide bonds. The van der Waals surface area contributed by atoms with E-state index in [4.69, 9.17) is 15.2 Å². The summed E-state index contributed by atoms with van der Waals surface area (Å²) in [6.07, 6.45) is 0.653. The van der Waals surface area contributed by atoms with Gasteiger partial charge in [-0.2, -0.15) is 0 Å². The highest BCUT2D eigenvalue weighted by atomic mass is 79.9. The van der Waals surface area contributed by atoms with E-state index < -0.39 is 0 Å². The molecule has 2 unspecified atom stereocenters. The van der Waals surface area contributed by atoms with Gasteiger partial charge in [-0.1, -0.05) is 41.1 Å². The lowest BCUT2D eigenvalue weighted by Crippen LogP contribution is -2.31. The molecule has 2 aromatic rings. The number of ether oxygens (including phenoxy) is 2.